The molecular weight excluding hydrogens is 370 g/mol. The molecule has 29 heavy (non-hydrogen) atoms. The van der Waals surface area contributed by atoms with E-state index in [-0.39, 0.29) is 11.6 Å². The molecule has 1 aliphatic rings. The van der Waals surface area contributed by atoms with Crippen LogP contribution in [0.25, 0.3) is 16.5 Å². The lowest BCUT2D eigenvalue weighted by molar-refractivity contribution is -0.113. The molecule has 0 radical (unpaired) electrons. The van der Waals surface area contributed by atoms with Gasteiger partial charge in [0, 0.05) is 28.3 Å². The number of nitrogens with zero attached hydrogens (tertiary/aromatic N) is 2. The molecule has 0 bridgehead atoms. The summed E-state index contributed by atoms with van der Waals surface area (Å²) >= 11 is 0. The molecule has 3 aromatic rings. The summed E-state index contributed by atoms with van der Waals surface area (Å²) in [5.41, 5.74) is 2.26. The molecule has 7 heteroatoms. The number of carbonyl (C=O) groups is 2. The van der Waals surface area contributed by atoms with Crippen LogP contribution in [0.1, 0.15) is 5.56 Å². The summed E-state index contributed by atoms with van der Waals surface area (Å²) in [4.78, 5) is 32.8. The van der Waals surface area contributed by atoms with Crippen molar-refractivity contribution in [1.29, 1.82) is 0 Å². The summed E-state index contributed by atoms with van der Waals surface area (Å²) < 4.78 is 10.7. The predicted molar refractivity (Wildman–Crippen MR) is 109 cm³/mol. The van der Waals surface area contributed by atoms with Crippen LogP contribution in [0.4, 0.5) is 11.5 Å². The first kappa shape index (κ1) is 18.4. The van der Waals surface area contributed by atoms with E-state index in [0.717, 1.165) is 5.39 Å². The number of aromatic nitrogens is 2. The largest absolute Gasteiger partial charge is 0.493 e. The zero-order valence-corrected chi connectivity index (χ0v) is 15.8. The molecule has 144 valence electrons. The van der Waals surface area contributed by atoms with Crippen molar-refractivity contribution >= 4 is 39.5 Å². The van der Waals surface area contributed by atoms with Crippen LogP contribution in [0, 0.1) is 0 Å². The number of anilines is 2. The third-order valence-corrected chi connectivity index (χ3v) is 4.56. The van der Waals surface area contributed by atoms with Crippen molar-refractivity contribution in [3.05, 3.63) is 66.5 Å². The van der Waals surface area contributed by atoms with Crippen LogP contribution in [0.5, 0.6) is 11.5 Å². The van der Waals surface area contributed by atoms with E-state index in [1.807, 2.05) is 18.2 Å². The van der Waals surface area contributed by atoms with Gasteiger partial charge in [-0.3, -0.25) is 9.59 Å². The van der Waals surface area contributed by atoms with Gasteiger partial charge >= 0.3 is 0 Å². The van der Waals surface area contributed by atoms with E-state index in [1.54, 1.807) is 32.4 Å². The quantitative estimate of drug-likeness (QED) is 0.670. The van der Waals surface area contributed by atoms with Gasteiger partial charge in [0.15, 0.2) is 23.1 Å². The first-order valence-electron chi connectivity index (χ1n) is 8.82. The van der Waals surface area contributed by atoms with Crippen molar-refractivity contribution in [1.82, 2.24) is 9.97 Å². The van der Waals surface area contributed by atoms with Crippen molar-refractivity contribution in [2.45, 2.75) is 0 Å². The van der Waals surface area contributed by atoms with Gasteiger partial charge in [0.1, 0.15) is 12.1 Å². The number of allylic oxidation sites excluding steroid dienone is 4. The monoisotopic (exact) mass is 387 g/mol. The Kier molecular flexibility index (Phi) is 4.78. The summed E-state index contributed by atoms with van der Waals surface area (Å²) in [5.74, 6) is 1.20. The maximum Gasteiger partial charge on any atom is 0.186 e. The minimum atomic E-state index is -0.224. The summed E-state index contributed by atoms with van der Waals surface area (Å²) in [6.45, 7) is 0. The molecule has 1 heterocycles. The lowest BCUT2D eigenvalue weighted by Crippen LogP contribution is -2.08. The number of hydrogen-bond donors (Lipinski definition) is 1. The Balaban J connectivity index is 1.81. The molecule has 0 aliphatic heterocycles. The van der Waals surface area contributed by atoms with Crippen molar-refractivity contribution in [3.8, 4) is 11.5 Å². The van der Waals surface area contributed by atoms with Crippen LogP contribution in [0.2, 0.25) is 0 Å². The second kappa shape index (κ2) is 7.55. The van der Waals surface area contributed by atoms with Crippen molar-refractivity contribution in [3.63, 3.8) is 0 Å². The highest BCUT2D eigenvalue weighted by molar-refractivity contribution is 6.34. The van der Waals surface area contributed by atoms with Crippen LogP contribution in [-0.2, 0) is 9.59 Å². The molecule has 0 spiro atoms. The number of carbonyl (C=O) groups excluding carboxylic acids is 2. The number of nitrogens with one attached hydrogen (secondary N) is 1. The lowest BCUT2D eigenvalue weighted by atomic mass is 9.95. The van der Waals surface area contributed by atoms with E-state index in [9.17, 15) is 9.59 Å². The van der Waals surface area contributed by atoms with E-state index in [0.29, 0.717) is 39.7 Å². The van der Waals surface area contributed by atoms with Crippen LogP contribution >= 0.6 is 0 Å². The summed E-state index contributed by atoms with van der Waals surface area (Å²) in [6.07, 6.45) is 5.33. The Morgan fingerprint density at radius 3 is 2.48 bits per heavy atom. The molecule has 0 unspecified atom stereocenters. The molecule has 1 N–H and O–H groups in total. The minimum absolute atomic E-state index is 0.223. The highest BCUT2D eigenvalue weighted by Gasteiger charge is 2.19. The lowest BCUT2D eigenvalue weighted by Gasteiger charge is -2.16. The maximum atomic E-state index is 12.3. The van der Waals surface area contributed by atoms with E-state index < -0.39 is 0 Å². The fourth-order valence-electron chi connectivity index (χ4n) is 3.16. The zero-order chi connectivity index (χ0) is 20.4. The van der Waals surface area contributed by atoms with Crippen LogP contribution in [0.15, 0.2) is 61.0 Å². The normalized spacial score (nSPS) is 13.4. The fourth-order valence-corrected chi connectivity index (χ4v) is 3.16. The number of hydrogen-bond acceptors (Lipinski definition) is 7. The number of para-hydroxylation sites is 1. The van der Waals surface area contributed by atoms with Crippen LogP contribution < -0.4 is 14.8 Å². The fraction of sp³-hybridized carbons (Fsp3) is 0.0909. The van der Waals surface area contributed by atoms with Gasteiger partial charge in [0.25, 0.3) is 0 Å². The first-order chi connectivity index (χ1) is 14.1. The third kappa shape index (κ3) is 3.45. The zero-order valence-electron chi connectivity index (χ0n) is 15.8. The van der Waals surface area contributed by atoms with Gasteiger partial charge in [-0.25, -0.2) is 9.97 Å². The smallest absolute Gasteiger partial charge is 0.186 e. The maximum absolute atomic E-state index is 12.3. The van der Waals surface area contributed by atoms with Gasteiger partial charge in [-0.1, -0.05) is 18.2 Å². The Morgan fingerprint density at radius 2 is 1.69 bits per heavy atom. The van der Waals surface area contributed by atoms with Gasteiger partial charge in [-0.15, -0.1) is 0 Å². The molecule has 1 aliphatic carbocycles. The van der Waals surface area contributed by atoms with Crippen LogP contribution in [0.3, 0.4) is 0 Å². The number of benzene rings is 2. The molecule has 0 saturated carbocycles. The SMILES string of the molecule is COc1cc2ncnc(Nc3ccccc3C3=CC(=O)C=CC3=O)c2cc1OC. The second-order valence-electron chi connectivity index (χ2n) is 6.28. The molecule has 4 rings (SSSR count). The predicted octanol–water partition coefficient (Wildman–Crippen LogP) is 3.48. The van der Waals surface area contributed by atoms with Crippen molar-refractivity contribution in [2.24, 2.45) is 0 Å². The van der Waals surface area contributed by atoms with E-state index in [4.69, 9.17) is 9.47 Å². The number of methoxy groups -OCH3 is 2. The van der Waals surface area contributed by atoms with Crippen molar-refractivity contribution < 1.29 is 19.1 Å². The topological polar surface area (TPSA) is 90.4 Å². The molecule has 0 amide bonds. The molecule has 7 nitrogen and oxygen atoms in total. The molecule has 0 atom stereocenters. The van der Waals surface area contributed by atoms with Gasteiger partial charge in [-0.05, 0) is 30.4 Å². The number of ether oxygens (including phenoxy) is 2. The average Bonchev–Trinajstić information content (AvgIpc) is 2.75. The highest BCUT2D eigenvalue weighted by atomic mass is 16.5. The van der Waals surface area contributed by atoms with E-state index in [1.165, 1.54) is 24.6 Å². The Labute approximate surface area is 166 Å². The molecular formula is C22H17N3O4. The Morgan fingerprint density at radius 1 is 0.931 bits per heavy atom. The second-order valence-corrected chi connectivity index (χ2v) is 6.28. The molecule has 1 aromatic heterocycles. The minimum Gasteiger partial charge on any atom is -0.493 e. The summed E-state index contributed by atoms with van der Waals surface area (Å²) in [7, 11) is 3.12. The van der Waals surface area contributed by atoms with E-state index >= 15 is 0 Å². The molecule has 0 saturated heterocycles. The van der Waals surface area contributed by atoms with Gasteiger partial charge in [-0.2, -0.15) is 0 Å². The van der Waals surface area contributed by atoms with Gasteiger partial charge in [0.2, 0.25) is 0 Å². The highest BCUT2D eigenvalue weighted by Crippen LogP contribution is 2.35. The summed E-state index contributed by atoms with van der Waals surface area (Å²) in [6, 6.07) is 10.8. The molecule has 0 fully saturated rings. The standard InChI is InChI=1S/C22H17N3O4/c1-28-20-10-16-18(11-21(20)29-2)23-12-24-22(16)25-17-6-4-3-5-14(17)15-9-13(26)7-8-19(15)27/h3-12H,1-2H3,(H,23,24,25). The number of ketones is 2. The summed E-state index contributed by atoms with van der Waals surface area (Å²) in [5, 5.41) is 3.98. The van der Waals surface area contributed by atoms with Crippen molar-refractivity contribution in [2.75, 3.05) is 19.5 Å². The first-order valence-corrected chi connectivity index (χ1v) is 8.82. The number of fused-ring (bicyclic) bond motifs is 1. The van der Waals surface area contributed by atoms with Crippen LogP contribution in [-0.4, -0.2) is 35.8 Å². The Hall–Kier alpha value is -4.00. The third-order valence-electron chi connectivity index (χ3n) is 4.56. The number of rotatable bonds is 5. The Bertz CT molecular complexity index is 1200. The van der Waals surface area contributed by atoms with Gasteiger partial charge in [0.05, 0.1) is 19.7 Å². The van der Waals surface area contributed by atoms with Gasteiger partial charge < -0.3 is 14.8 Å². The average molecular weight is 387 g/mol. The van der Waals surface area contributed by atoms with E-state index in [2.05, 4.69) is 15.3 Å². The molecule has 2 aromatic carbocycles.